The zero-order valence-corrected chi connectivity index (χ0v) is 49.0. The first kappa shape index (κ1) is 51.4. The van der Waals surface area contributed by atoms with Crippen molar-refractivity contribution in [2.45, 2.75) is 204 Å². The van der Waals surface area contributed by atoms with Gasteiger partial charge in [-0.1, -0.05) is 0 Å². The molecule has 0 N–H and O–H groups in total. The topological polar surface area (TPSA) is 0 Å². The average Bonchev–Trinajstić information content (AvgIpc) is 3.74. The first-order chi connectivity index (χ1) is 29.4. The van der Waals surface area contributed by atoms with Gasteiger partial charge >= 0.3 is 405 Å². The minimum absolute atomic E-state index is 0.0113. The van der Waals surface area contributed by atoms with Crippen molar-refractivity contribution in [2.24, 2.45) is 0 Å². The summed E-state index contributed by atoms with van der Waals surface area (Å²) in [7, 11) is 18.3. The summed E-state index contributed by atoms with van der Waals surface area (Å²) in [6, 6.07) is 24.9. The summed E-state index contributed by atoms with van der Waals surface area (Å²) in [4.78, 5) is 0. The summed E-state index contributed by atoms with van der Waals surface area (Å²) < 4.78 is 0.112. The molecule has 2 atom stereocenters. The van der Waals surface area contributed by atoms with Crippen molar-refractivity contribution in [1.82, 2.24) is 0 Å². The van der Waals surface area contributed by atoms with Crippen molar-refractivity contribution in [3.05, 3.63) is 127 Å². The first-order valence-corrected chi connectivity index (χ1v) is 41.3. The van der Waals surface area contributed by atoms with Gasteiger partial charge in [-0.2, -0.15) is 0 Å². The van der Waals surface area contributed by atoms with Gasteiger partial charge in [-0.05, 0) is 0 Å². The Bertz CT molecular complexity index is 2250. The van der Waals surface area contributed by atoms with E-state index in [2.05, 4.69) is 211 Å². The van der Waals surface area contributed by atoms with Gasteiger partial charge in [0, 0.05) is 0 Å². The van der Waals surface area contributed by atoms with Crippen LogP contribution in [0.4, 0.5) is 0 Å². The van der Waals surface area contributed by atoms with Crippen LogP contribution in [0.15, 0.2) is 71.8 Å². The summed E-state index contributed by atoms with van der Waals surface area (Å²) >= 11 is -5.11. The molecule has 0 aromatic heterocycles. The Kier molecular flexibility index (Phi) is 14.3. The summed E-state index contributed by atoms with van der Waals surface area (Å²) in [5.41, 5.74) is 22.4. The molecule has 0 heterocycles. The van der Waals surface area contributed by atoms with Crippen molar-refractivity contribution in [1.29, 1.82) is 0 Å². The number of fused-ring (bicyclic) bond motifs is 2. The maximum atomic E-state index is 9.16. The van der Waals surface area contributed by atoms with E-state index in [0.717, 1.165) is 25.7 Å². The number of hydrogen-bond donors (Lipinski definition) is 0. The molecule has 0 bridgehead atoms. The van der Waals surface area contributed by atoms with Gasteiger partial charge in [-0.3, -0.25) is 0 Å². The zero-order valence-electron chi connectivity index (χ0n) is 43.9. The fourth-order valence-electron chi connectivity index (χ4n) is 11.1. The van der Waals surface area contributed by atoms with E-state index in [1.165, 1.54) is 89.0 Å². The van der Waals surface area contributed by atoms with Gasteiger partial charge in [0.25, 0.3) is 0 Å². The van der Waals surface area contributed by atoms with Crippen LogP contribution in [0.5, 0.6) is 0 Å². The average molecular weight is 997 g/mol. The van der Waals surface area contributed by atoms with Gasteiger partial charge in [-0.15, -0.1) is 0 Å². The molecule has 6 rings (SSSR count). The molecule has 64 heavy (non-hydrogen) atoms. The second-order valence-electron chi connectivity index (χ2n) is 25.2. The Hall–Kier alpha value is -1.96. The van der Waals surface area contributed by atoms with E-state index in [4.69, 9.17) is 17.0 Å². The second-order valence-corrected chi connectivity index (χ2v) is 67.7. The van der Waals surface area contributed by atoms with Crippen LogP contribution in [0.1, 0.15) is 225 Å². The van der Waals surface area contributed by atoms with E-state index in [1.807, 2.05) is 0 Å². The zero-order chi connectivity index (χ0) is 47.9. The quantitative estimate of drug-likeness (QED) is 0.131. The first-order valence-electron chi connectivity index (χ1n) is 25.0. The predicted octanol–water partition coefficient (Wildman–Crippen LogP) is 19.6. The molecular weight excluding hydrogens is 911 g/mol. The molecule has 2 aliphatic carbocycles. The summed E-state index contributed by atoms with van der Waals surface area (Å²) in [6.07, 6.45) is 9.37. The maximum absolute atomic E-state index is 9.16. The van der Waals surface area contributed by atoms with Gasteiger partial charge < -0.3 is 0 Å². The molecule has 0 fully saturated rings. The van der Waals surface area contributed by atoms with Crippen molar-refractivity contribution >= 4 is 35.1 Å². The Morgan fingerprint density at radius 2 is 0.797 bits per heavy atom. The number of hydrogen-bond acceptors (Lipinski definition) is 0. The molecule has 0 saturated carbocycles. The molecule has 2 aliphatic rings. The van der Waals surface area contributed by atoms with Crippen molar-refractivity contribution in [2.75, 3.05) is 0 Å². The molecule has 4 aromatic rings. The molecule has 0 nitrogen and oxygen atoms in total. The molecule has 0 spiro atoms. The Morgan fingerprint density at radius 3 is 1.03 bits per heavy atom. The summed E-state index contributed by atoms with van der Waals surface area (Å²) in [5, 5.41) is 0. The van der Waals surface area contributed by atoms with Gasteiger partial charge in [0.1, 0.15) is 0 Å². The molecule has 4 heteroatoms. The van der Waals surface area contributed by atoms with E-state index >= 15 is 0 Å². The number of allylic oxidation sites excluding steroid dienone is 2. The van der Waals surface area contributed by atoms with Crippen LogP contribution in [0.3, 0.4) is 0 Å². The van der Waals surface area contributed by atoms with Crippen LogP contribution < -0.4 is 0 Å². The van der Waals surface area contributed by atoms with E-state index in [0.29, 0.717) is 11.8 Å². The van der Waals surface area contributed by atoms with Gasteiger partial charge in [0.2, 0.25) is 0 Å². The molecule has 0 aliphatic heterocycles. The van der Waals surface area contributed by atoms with Gasteiger partial charge in [-0.25, -0.2) is 0 Å². The molecule has 0 saturated heterocycles. The minimum atomic E-state index is -5.11. The Labute approximate surface area is 401 Å². The van der Waals surface area contributed by atoms with E-state index in [9.17, 15) is 0 Å². The standard InChI is InChI=1S/2C29H39.C2H7Si.2ClH.Zr/c2*1-10-11-20-14-21-12-13-25(19(2)3)27(26(21)15-20)22-16-23(28(4,5)6)18-24(17-22)29(7,8)9;1-3-2;;;/h2*12-19H,10-11H2,1-9H3;3H,1-2H3;2*1H;/q;;;;;+2/p-2. The van der Waals surface area contributed by atoms with Crippen LogP contribution >= 0.6 is 17.0 Å². The fourth-order valence-corrected chi connectivity index (χ4v) is 42.6. The summed E-state index contributed by atoms with van der Waals surface area (Å²) in [6.45, 7) is 47.4. The fraction of sp³-hybridized carbons (Fsp3) is 0.533. The van der Waals surface area contributed by atoms with Crippen molar-refractivity contribution in [3.63, 3.8) is 0 Å². The Balaban J connectivity index is 1.71. The van der Waals surface area contributed by atoms with Crippen LogP contribution in [0.2, 0.25) is 13.1 Å². The second kappa shape index (κ2) is 17.8. The molecule has 4 aromatic carbocycles. The third-order valence-electron chi connectivity index (χ3n) is 15.1. The van der Waals surface area contributed by atoms with E-state index in [-0.39, 0.29) is 28.9 Å². The van der Waals surface area contributed by atoms with E-state index in [1.54, 1.807) is 0 Å². The third-order valence-corrected chi connectivity index (χ3v) is 66.9. The number of halogens is 2. The molecule has 2 unspecified atom stereocenters. The van der Waals surface area contributed by atoms with Gasteiger partial charge in [0.15, 0.2) is 0 Å². The van der Waals surface area contributed by atoms with Gasteiger partial charge in [0.05, 0.1) is 0 Å². The van der Waals surface area contributed by atoms with Crippen LogP contribution in [0.25, 0.3) is 34.4 Å². The van der Waals surface area contributed by atoms with Crippen molar-refractivity contribution < 1.29 is 15.6 Å². The van der Waals surface area contributed by atoms with Crippen molar-refractivity contribution in [3.8, 4) is 22.3 Å². The third kappa shape index (κ3) is 9.30. The Morgan fingerprint density at radius 1 is 0.500 bits per heavy atom. The molecule has 0 amide bonds. The van der Waals surface area contributed by atoms with E-state index < -0.39 is 21.5 Å². The van der Waals surface area contributed by atoms with Crippen LogP contribution in [0, 0.1) is 0 Å². The van der Waals surface area contributed by atoms with Crippen LogP contribution in [-0.2, 0) is 37.2 Å². The normalized spacial score (nSPS) is 17.8. The molecular formula is C60H85Cl2SiZr. The van der Waals surface area contributed by atoms with Crippen LogP contribution in [-0.4, -0.2) is 5.92 Å². The molecule has 0 radical (unpaired) electrons. The molecule has 347 valence electrons. The monoisotopic (exact) mass is 993 g/mol. The predicted molar refractivity (Wildman–Crippen MR) is 289 cm³/mol. The SMILES string of the molecule is CCCC1=Cc2c(ccc(C(C)C)c2-c2cc(C(C)(C)C)cc(C(C)(C)C)c2)[CH]1[Zr]([Cl])([Cl])([CH]1C(CCC)=Cc2c1ccc(C(C)C)c2-c1cc(C(C)(C)C)cc(C(C)(C)C)c1)[SiH](C)C. The summed E-state index contributed by atoms with van der Waals surface area (Å²) in [5.74, 6) is -1.06. The number of rotatable bonds is 11. The number of benzene rings is 4.